The summed E-state index contributed by atoms with van der Waals surface area (Å²) in [6.07, 6.45) is 4.72. The lowest BCUT2D eigenvalue weighted by atomic mass is 9.74. The summed E-state index contributed by atoms with van der Waals surface area (Å²) in [5, 5.41) is 11.5. The molecule has 4 aliphatic heterocycles. The Morgan fingerprint density at radius 1 is 0.915 bits per heavy atom. The number of piperidine rings is 1. The molecule has 2 atom stereocenters. The van der Waals surface area contributed by atoms with Gasteiger partial charge in [-0.25, -0.2) is 17.7 Å². The van der Waals surface area contributed by atoms with Crippen molar-refractivity contribution in [3.63, 3.8) is 0 Å². The first-order chi connectivity index (χ1) is 28.3. The van der Waals surface area contributed by atoms with Gasteiger partial charge in [0.25, 0.3) is 11.8 Å². The number of hydrogen-bond acceptors (Lipinski definition) is 12. The molecular formula is C40H36Cl2N8O8S. The molecule has 1 unspecified atom stereocenters. The van der Waals surface area contributed by atoms with Crippen LogP contribution in [0.5, 0.6) is 11.5 Å². The molecular weight excluding hydrogens is 823 g/mol. The summed E-state index contributed by atoms with van der Waals surface area (Å²) in [7, 11) is -3.52. The molecule has 7 heterocycles. The molecule has 0 saturated carbocycles. The first-order valence-corrected chi connectivity index (χ1v) is 21.3. The molecule has 0 bridgehead atoms. The van der Waals surface area contributed by atoms with Gasteiger partial charge in [0, 0.05) is 73.1 Å². The van der Waals surface area contributed by atoms with Crippen LogP contribution in [0.2, 0.25) is 10.0 Å². The first-order valence-electron chi connectivity index (χ1n) is 18.9. The van der Waals surface area contributed by atoms with E-state index < -0.39 is 45.8 Å². The maximum atomic E-state index is 13.2. The van der Waals surface area contributed by atoms with E-state index in [1.807, 2.05) is 37.3 Å². The Morgan fingerprint density at radius 3 is 2.39 bits per heavy atom. The molecule has 0 radical (unpaired) electrons. The lowest BCUT2D eigenvalue weighted by molar-refractivity contribution is -0.136. The maximum absolute atomic E-state index is 13.2. The largest absolute Gasteiger partial charge is 0.494 e. The second-order valence-electron chi connectivity index (χ2n) is 15.3. The number of hydrogen-bond donors (Lipinski definition) is 2. The van der Waals surface area contributed by atoms with Gasteiger partial charge in [0.05, 0.1) is 39.0 Å². The minimum Gasteiger partial charge on any atom is -0.494 e. The van der Waals surface area contributed by atoms with Crippen molar-refractivity contribution in [3.8, 4) is 22.8 Å². The lowest BCUT2D eigenvalue weighted by Crippen LogP contribution is -2.73. The molecule has 4 amide bonds. The van der Waals surface area contributed by atoms with Gasteiger partial charge in [0.15, 0.2) is 0 Å². The van der Waals surface area contributed by atoms with Gasteiger partial charge >= 0.3 is 0 Å². The number of benzene rings is 2. The van der Waals surface area contributed by atoms with Crippen LogP contribution in [-0.2, 0) is 19.6 Å². The molecule has 9 rings (SSSR count). The predicted octanol–water partition coefficient (Wildman–Crippen LogP) is 4.79. The Balaban J connectivity index is 0.749. The van der Waals surface area contributed by atoms with E-state index in [1.54, 1.807) is 6.20 Å². The van der Waals surface area contributed by atoms with E-state index in [9.17, 15) is 27.6 Å². The average molecular weight is 860 g/mol. The zero-order chi connectivity index (χ0) is 41.2. The van der Waals surface area contributed by atoms with Gasteiger partial charge in [-0.3, -0.25) is 39.5 Å². The highest BCUT2D eigenvalue weighted by Crippen LogP contribution is 2.43. The third-order valence-corrected chi connectivity index (χ3v) is 13.6. The summed E-state index contributed by atoms with van der Waals surface area (Å²) in [5.41, 5.74) is 3.13. The Kier molecular flexibility index (Phi) is 9.81. The van der Waals surface area contributed by atoms with Crippen molar-refractivity contribution in [1.29, 1.82) is 0 Å². The van der Waals surface area contributed by atoms with Gasteiger partial charge in [-0.15, -0.1) is 0 Å². The molecule has 4 aliphatic rings. The van der Waals surface area contributed by atoms with Gasteiger partial charge in [-0.1, -0.05) is 23.2 Å². The van der Waals surface area contributed by atoms with Crippen LogP contribution >= 0.6 is 23.2 Å². The van der Waals surface area contributed by atoms with E-state index >= 15 is 0 Å². The fraction of sp³-hybridized carbons (Fsp3) is 0.325. The van der Waals surface area contributed by atoms with Crippen LogP contribution in [-0.4, -0.2) is 106 Å². The molecule has 16 nitrogen and oxygen atoms in total. The number of rotatable bonds is 12. The molecule has 2 N–H and O–H groups in total. The quantitative estimate of drug-likeness (QED) is 0.129. The zero-order valence-electron chi connectivity index (χ0n) is 31.5. The second-order valence-corrected chi connectivity index (χ2v) is 18.2. The molecule has 59 heavy (non-hydrogen) atoms. The van der Waals surface area contributed by atoms with Crippen LogP contribution in [0.3, 0.4) is 0 Å². The molecule has 0 aliphatic carbocycles. The summed E-state index contributed by atoms with van der Waals surface area (Å²) in [5.74, 6) is -0.785. The smallest absolute Gasteiger partial charge is 0.262 e. The fourth-order valence-corrected chi connectivity index (χ4v) is 10.6. The fourth-order valence-electron chi connectivity index (χ4n) is 8.20. The molecule has 19 heteroatoms. The third-order valence-electron chi connectivity index (χ3n) is 11.2. The number of halogens is 2. The normalized spacial score (nSPS) is 19.4. The van der Waals surface area contributed by atoms with Crippen molar-refractivity contribution in [2.75, 3.05) is 43.4 Å². The number of pyridine rings is 2. The number of carbonyl (C=O) groups is 4. The number of H-pyrrole nitrogens is 1. The van der Waals surface area contributed by atoms with Crippen LogP contribution in [0.25, 0.3) is 22.2 Å². The van der Waals surface area contributed by atoms with Crippen LogP contribution in [0, 0.1) is 5.41 Å². The van der Waals surface area contributed by atoms with Crippen molar-refractivity contribution >= 4 is 73.6 Å². The van der Waals surface area contributed by atoms with E-state index in [-0.39, 0.29) is 48.2 Å². The van der Waals surface area contributed by atoms with Gasteiger partial charge in [0.1, 0.15) is 35.2 Å². The average Bonchev–Trinajstić information content (AvgIpc) is 3.69. The van der Waals surface area contributed by atoms with Crippen LogP contribution in [0.4, 0.5) is 5.82 Å². The van der Waals surface area contributed by atoms with Crippen molar-refractivity contribution in [2.24, 2.45) is 5.41 Å². The molecule has 304 valence electrons. The molecule has 1 spiro atoms. The summed E-state index contributed by atoms with van der Waals surface area (Å²) in [4.78, 5) is 61.7. The van der Waals surface area contributed by atoms with Gasteiger partial charge < -0.3 is 14.4 Å². The van der Waals surface area contributed by atoms with E-state index in [2.05, 4.69) is 25.4 Å². The maximum Gasteiger partial charge on any atom is 0.262 e. The number of nitrogens with one attached hydrogen (secondary N) is 2. The predicted molar refractivity (Wildman–Crippen MR) is 216 cm³/mol. The number of aromatic amines is 1. The van der Waals surface area contributed by atoms with Crippen molar-refractivity contribution in [1.82, 2.24) is 34.7 Å². The second kappa shape index (κ2) is 14.9. The highest BCUT2D eigenvalue weighted by Gasteiger charge is 2.55. The minimum atomic E-state index is -3.52. The molecule has 3 fully saturated rings. The summed E-state index contributed by atoms with van der Waals surface area (Å²) in [6.45, 7) is 4.17. The van der Waals surface area contributed by atoms with Gasteiger partial charge in [0.2, 0.25) is 21.8 Å². The molecule has 2 aromatic carbocycles. The lowest BCUT2D eigenvalue weighted by Gasteiger charge is -2.59. The van der Waals surface area contributed by atoms with Crippen LogP contribution in [0.15, 0.2) is 67.1 Å². The summed E-state index contributed by atoms with van der Waals surface area (Å²) >= 11 is 12.7. The van der Waals surface area contributed by atoms with Crippen molar-refractivity contribution in [3.05, 3.63) is 93.9 Å². The Morgan fingerprint density at radius 2 is 1.66 bits per heavy atom. The van der Waals surface area contributed by atoms with Gasteiger partial charge in [-0.05, 0) is 68.3 Å². The minimum absolute atomic E-state index is 0.0263. The number of anilines is 1. The number of carbonyl (C=O) groups excluding carboxylic acids is 4. The van der Waals surface area contributed by atoms with E-state index in [1.165, 1.54) is 34.9 Å². The Hall–Kier alpha value is -5.62. The summed E-state index contributed by atoms with van der Waals surface area (Å²) in [6, 6.07) is 12.9. The topological polar surface area (TPSA) is 197 Å². The number of ether oxygens (including phenoxy) is 2. The van der Waals surface area contributed by atoms with Crippen LogP contribution < -0.4 is 19.7 Å². The molecule has 3 saturated heterocycles. The van der Waals surface area contributed by atoms with E-state index in [0.717, 1.165) is 32.9 Å². The number of fused-ring (bicyclic) bond motifs is 2. The number of imide groups is 2. The van der Waals surface area contributed by atoms with E-state index in [4.69, 9.17) is 37.7 Å². The number of nitrogens with zero attached hydrogens (tertiary/aromatic N) is 6. The van der Waals surface area contributed by atoms with Crippen LogP contribution in [0.1, 0.15) is 58.6 Å². The Bertz CT molecular complexity index is 2640. The van der Waals surface area contributed by atoms with E-state index in [0.29, 0.717) is 53.3 Å². The summed E-state index contributed by atoms with van der Waals surface area (Å²) < 4.78 is 39.8. The molecule has 5 aromatic rings. The zero-order valence-corrected chi connectivity index (χ0v) is 33.8. The Labute approximate surface area is 347 Å². The van der Waals surface area contributed by atoms with Crippen molar-refractivity contribution in [2.45, 2.75) is 38.3 Å². The standard InChI is InChI=1S/C40H36Cl2N8O8S/c1-22(35-29(41)16-43-17-30(35)42)58-25-5-7-31-28(14-25)36(47-46-31)23-3-9-33(44-15-23)48-18-40(19-48)20-49(21-40)59(55,56)12-2-11-57-24-4-6-26-27(13-24)39(54)50(38(26)53)32-8-10-34(51)45-37(32)52/h3-7,9,13-17,22,32H,2,8,10-12,18-21H2,1H3,(H,46,47)(H,45,51,52)/t22-,32?/m1/s1. The first kappa shape index (κ1) is 38.9. The number of aromatic nitrogens is 4. The number of sulfonamides is 1. The highest BCUT2D eigenvalue weighted by atomic mass is 35.5. The number of amides is 4. The van der Waals surface area contributed by atoms with Crippen molar-refractivity contribution < 1.29 is 37.1 Å². The third kappa shape index (κ3) is 7.15. The highest BCUT2D eigenvalue weighted by molar-refractivity contribution is 7.89. The van der Waals surface area contributed by atoms with Gasteiger partial charge in [-0.2, -0.15) is 5.10 Å². The SMILES string of the molecule is C[C@@H](Oc1ccc2[nH]nc(-c3ccc(N4CC5(C4)CN(S(=O)(=O)CCCOc4ccc6c(c4)C(=O)N(C4CCC(=O)NC4=O)C6=O)C5)nc3)c2c1)c1c(Cl)cncc1Cl. The molecule has 3 aromatic heterocycles. The monoisotopic (exact) mass is 858 g/mol.